The molecule has 1 rings (SSSR count). The fraction of sp³-hybridized carbons (Fsp3) is 0. The zero-order chi connectivity index (χ0) is 8.43. The number of hydrogen-bond donors (Lipinski definition) is 0. The van der Waals surface area contributed by atoms with Crippen LogP contribution in [0.2, 0.25) is 0 Å². The molecule has 0 aliphatic carbocycles. The van der Waals surface area contributed by atoms with E-state index in [0.717, 1.165) is 7.14 Å². The summed E-state index contributed by atoms with van der Waals surface area (Å²) >= 11 is 6.67. The Morgan fingerprint density at radius 1 is 1.09 bits per heavy atom. The van der Waals surface area contributed by atoms with Crippen molar-refractivity contribution < 1.29 is 4.79 Å². The Morgan fingerprint density at radius 3 is 1.91 bits per heavy atom. The van der Waals surface area contributed by atoms with Gasteiger partial charge in [0.15, 0.2) is 0 Å². The Labute approximate surface area is 106 Å². The minimum absolute atomic E-state index is 0.624. The summed E-state index contributed by atoms with van der Waals surface area (Å²) in [7, 11) is 0. The summed E-state index contributed by atoms with van der Waals surface area (Å²) < 4.78 is 3.41. The minimum Gasteiger partial charge on any atom is -0.285 e. The van der Waals surface area contributed by atoms with Crippen LogP contribution in [0.5, 0.6) is 0 Å². The van der Waals surface area contributed by atoms with Gasteiger partial charge in [0.05, 0.1) is 0 Å². The van der Waals surface area contributed by atoms with Crippen LogP contribution in [-0.4, -0.2) is 6.29 Å². The summed E-state index contributed by atoms with van der Waals surface area (Å²) in [6.45, 7) is 0. The first kappa shape index (κ1) is 10.2. The largest absolute Gasteiger partial charge is 0.285 e. The van der Waals surface area contributed by atoms with Crippen molar-refractivity contribution in [1.82, 2.24) is 0 Å². The summed E-state index contributed by atoms with van der Waals surface area (Å²) in [6.07, 6.45) is 1.87. The van der Waals surface area contributed by atoms with Crippen LogP contribution in [0.4, 0.5) is 0 Å². The SMILES string of the molecule is O=[C]c1cc(I)c(I)c(I)c1. The third-order valence-corrected chi connectivity index (χ3v) is 6.03. The summed E-state index contributed by atoms with van der Waals surface area (Å²) in [5, 5.41) is 0. The topological polar surface area (TPSA) is 17.1 Å². The molecule has 0 bridgehead atoms. The molecule has 0 fully saturated rings. The van der Waals surface area contributed by atoms with Gasteiger partial charge in [-0.1, -0.05) is 0 Å². The summed E-state index contributed by atoms with van der Waals surface area (Å²) in [5.74, 6) is 0. The first-order valence-corrected chi connectivity index (χ1v) is 5.91. The third kappa shape index (κ3) is 2.51. The number of carbonyl (C=O) groups excluding carboxylic acids is 1. The molecule has 0 unspecified atom stereocenters. The Hall–Kier alpha value is 1.08. The molecule has 0 saturated carbocycles. The van der Waals surface area contributed by atoms with Crippen LogP contribution in [0, 0.1) is 10.7 Å². The van der Waals surface area contributed by atoms with Crippen molar-refractivity contribution in [2.45, 2.75) is 0 Å². The first-order valence-electron chi connectivity index (χ1n) is 2.68. The lowest BCUT2D eigenvalue weighted by molar-refractivity contribution is 0.562. The lowest BCUT2D eigenvalue weighted by Gasteiger charge is -1.99. The molecule has 57 valence electrons. The van der Waals surface area contributed by atoms with E-state index < -0.39 is 0 Å². The molecule has 0 atom stereocenters. The molecule has 0 aromatic heterocycles. The molecule has 1 nitrogen and oxygen atoms in total. The van der Waals surface area contributed by atoms with E-state index in [4.69, 9.17) is 0 Å². The highest BCUT2D eigenvalue weighted by Gasteiger charge is 2.03. The molecule has 0 aliphatic heterocycles. The van der Waals surface area contributed by atoms with Crippen LogP contribution in [0.1, 0.15) is 5.56 Å². The lowest BCUT2D eigenvalue weighted by Crippen LogP contribution is -1.89. The van der Waals surface area contributed by atoms with E-state index in [0.29, 0.717) is 5.56 Å². The fourth-order valence-corrected chi connectivity index (χ4v) is 2.69. The van der Waals surface area contributed by atoms with Crippen molar-refractivity contribution >= 4 is 74.1 Å². The molecular formula is C7H2I3O. The van der Waals surface area contributed by atoms with Gasteiger partial charge >= 0.3 is 0 Å². The number of benzene rings is 1. The average Bonchev–Trinajstić information content (AvgIpc) is 1.99. The normalized spacial score (nSPS) is 9.73. The standard InChI is InChI=1S/C7H2I3O/c8-5-1-4(3-11)2-6(9)7(5)10/h1-2H. The van der Waals surface area contributed by atoms with Crippen LogP contribution in [-0.2, 0) is 4.79 Å². The predicted octanol–water partition coefficient (Wildman–Crippen LogP) is 2.96. The smallest absolute Gasteiger partial charge is 0.233 e. The quantitative estimate of drug-likeness (QED) is 0.444. The predicted molar refractivity (Wildman–Crippen MR) is 69.4 cm³/mol. The zero-order valence-corrected chi connectivity index (χ0v) is 11.7. The van der Waals surface area contributed by atoms with Crippen LogP contribution >= 0.6 is 67.8 Å². The molecular weight excluding hydrogens is 481 g/mol. The fourth-order valence-electron chi connectivity index (χ4n) is 0.614. The Morgan fingerprint density at radius 2 is 1.55 bits per heavy atom. The van der Waals surface area contributed by atoms with Gasteiger partial charge in [-0.2, -0.15) is 0 Å². The van der Waals surface area contributed by atoms with Crippen LogP contribution in [0.15, 0.2) is 12.1 Å². The lowest BCUT2D eigenvalue weighted by atomic mass is 10.2. The van der Waals surface area contributed by atoms with Gasteiger partial charge in [0, 0.05) is 16.3 Å². The van der Waals surface area contributed by atoms with Gasteiger partial charge in [-0.3, -0.25) is 4.79 Å². The number of halogens is 3. The molecule has 4 heteroatoms. The summed E-state index contributed by atoms with van der Waals surface area (Å²) in [5.41, 5.74) is 0.624. The van der Waals surface area contributed by atoms with Crippen molar-refractivity contribution in [2.24, 2.45) is 0 Å². The van der Waals surface area contributed by atoms with Gasteiger partial charge < -0.3 is 0 Å². The molecule has 11 heavy (non-hydrogen) atoms. The van der Waals surface area contributed by atoms with Gasteiger partial charge in [0.2, 0.25) is 6.29 Å². The first-order chi connectivity index (χ1) is 5.15. The molecule has 1 radical (unpaired) electrons. The van der Waals surface area contributed by atoms with E-state index >= 15 is 0 Å². The van der Waals surface area contributed by atoms with Crippen molar-refractivity contribution in [3.63, 3.8) is 0 Å². The second-order valence-electron chi connectivity index (χ2n) is 1.86. The van der Waals surface area contributed by atoms with E-state index in [-0.39, 0.29) is 0 Å². The monoisotopic (exact) mass is 483 g/mol. The maximum Gasteiger partial charge on any atom is 0.233 e. The Bertz CT molecular complexity index is 273. The van der Waals surface area contributed by atoms with Crippen molar-refractivity contribution in [2.75, 3.05) is 0 Å². The van der Waals surface area contributed by atoms with E-state index in [2.05, 4.69) is 67.8 Å². The number of rotatable bonds is 1. The molecule has 0 amide bonds. The van der Waals surface area contributed by atoms with E-state index in [1.165, 1.54) is 3.57 Å². The van der Waals surface area contributed by atoms with Gasteiger partial charge in [0.1, 0.15) is 0 Å². The summed E-state index contributed by atoms with van der Waals surface area (Å²) in [4.78, 5) is 10.3. The maximum absolute atomic E-state index is 10.3. The molecule has 0 aliphatic rings. The van der Waals surface area contributed by atoms with E-state index in [9.17, 15) is 4.79 Å². The highest BCUT2D eigenvalue weighted by atomic mass is 127. The van der Waals surface area contributed by atoms with Crippen LogP contribution in [0.3, 0.4) is 0 Å². The zero-order valence-electron chi connectivity index (χ0n) is 5.20. The molecule has 0 saturated heterocycles. The van der Waals surface area contributed by atoms with Gasteiger partial charge in [-0.25, -0.2) is 0 Å². The molecule has 0 spiro atoms. The van der Waals surface area contributed by atoms with E-state index in [1.807, 2.05) is 18.4 Å². The molecule has 0 heterocycles. The average molecular weight is 483 g/mol. The highest BCUT2D eigenvalue weighted by Crippen LogP contribution is 2.22. The van der Waals surface area contributed by atoms with Gasteiger partial charge in [0.25, 0.3) is 0 Å². The molecule has 1 aromatic rings. The van der Waals surface area contributed by atoms with Crippen molar-refractivity contribution in [3.8, 4) is 0 Å². The van der Waals surface area contributed by atoms with E-state index in [1.54, 1.807) is 0 Å². The maximum atomic E-state index is 10.3. The van der Waals surface area contributed by atoms with Gasteiger partial charge in [-0.05, 0) is 79.9 Å². The van der Waals surface area contributed by atoms with Crippen LogP contribution < -0.4 is 0 Å². The number of hydrogen-bond acceptors (Lipinski definition) is 1. The molecule has 0 N–H and O–H groups in total. The van der Waals surface area contributed by atoms with Crippen molar-refractivity contribution in [1.29, 1.82) is 0 Å². The Kier molecular flexibility index (Phi) is 4.02. The minimum atomic E-state index is 0.624. The second kappa shape index (κ2) is 4.35. The van der Waals surface area contributed by atoms with Crippen LogP contribution in [0.25, 0.3) is 0 Å². The Balaban J connectivity index is 3.31. The third-order valence-electron chi connectivity index (χ3n) is 1.10. The van der Waals surface area contributed by atoms with Crippen molar-refractivity contribution in [3.05, 3.63) is 28.4 Å². The second-order valence-corrected chi connectivity index (χ2v) is 5.26. The molecule has 1 aromatic carbocycles. The summed E-state index contributed by atoms with van der Waals surface area (Å²) in [6, 6.07) is 3.66. The highest BCUT2D eigenvalue weighted by molar-refractivity contribution is 14.1. The van der Waals surface area contributed by atoms with Gasteiger partial charge in [-0.15, -0.1) is 0 Å².